The summed E-state index contributed by atoms with van der Waals surface area (Å²) in [5, 5.41) is 13.1. The number of carbonyl (C=O) groups excluding carboxylic acids is 1. The minimum Gasteiger partial charge on any atom is -0.484 e. The molecule has 0 aliphatic rings. The van der Waals surface area contributed by atoms with Gasteiger partial charge in [-0.2, -0.15) is 0 Å². The summed E-state index contributed by atoms with van der Waals surface area (Å²) in [6.07, 6.45) is 2.74. The second-order valence-corrected chi connectivity index (χ2v) is 4.89. The van der Waals surface area contributed by atoms with Crippen molar-refractivity contribution in [1.82, 2.24) is 5.32 Å². The van der Waals surface area contributed by atoms with Gasteiger partial charge in [-0.15, -0.1) is 0 Å². The molecule has 112 valence electrons. The Bertz CT molecular complexity index is 554. The molecule has 0 fully saturated rings. The lowest BCUT2D eigenvalue weighted by atomic mass is 10.1. The van der Waals surface area contributed by atoms with E-state index in [1.54, 1.807) is 30.3 Å². The van der Waals surface area contributed by atoms with Gasteiger partial charge >= 0.3 is 0 Å². The molecule has 0 radical (unpaired) electrons. The first-order valence-electron chi connectivity index (χ1n) is 6.50. The maximum absolute atomic E-state index is 11.6. The van der Waals surface area contributed by atoms with Crippen molar-refractivity contribution in [2.75, 3.05) is 13.2 Å². The lowest BCUT2D eigenvalue weighted by Crippen LogP contribution is -2.30. The largest absolute Gasteiger partial charge is 0.484 e. The third-order valence-electron chi connectivity index (χ3n) is 2.85. The van der Waals surface area contributed by atoms with Crippen LogP contribution in [0.2, 0.25) is 5.02 Å². The van der Waals surface area contributed by atoms with E-state index in [0.717, 1.165) is 0 Å². The minimum atomic E-state index is -0.652. The highest BCUT2D eigenvalue weighted by atomic mass is 35.5. The number of hydrogen-bond acceptors (Lipinski definition) is 4. The van der Waals surface area contributed by atoms with Gasteiger partial charge in [0.25, 0.3) is 5.91 Å². The van der Waals surface area contributed by atoms with Crippen molar-refractivity contribution >= 4 is 17.5 Å². The van der Waals surface area contributed by atoms with Gasteiger partial charge in [0.15, 0.2) is 6.61 Å². The highest BCUT2D eigenvalue weighted by Gasteiger charge is 2.09. The molecular weight excluding hydrogens is 294 g/mol. The second-order valence-electron chi connectivity index (χ2n) is 4.45. The van der Waals surface area contributed by atoms with Crippen LogP contribution in [0.25, 0.3) is 0 Å². The third kappa shape index (κ3) is 5.13. The Hall–Kier alpha value is -1.98. The molecule has 5 nitrogen and oxygen atoms in total. The number of aliphatic hydroxyl groups excluding tert-OH is 1. The fourth-order valence-electron chi connectivity index (χ4n) is 1.71. The molecule has 2 N–H and O–H groups in total. The van der Waals surface area contributed by atoms with Gasteiger partial charge in [0.05, 0.1) is 18.6 Å². The van der Waals surface area contributed by atoms with Gasteiger partial charge in [0, 0.05) is 17.1 Å². The quantitative estimate of drug-likeness (QED) is 0.824. The molecule has 2 aromatic rings. The first kappa shape index (κ1) is 15.4. The summed E-state index contributed by atoms with van der Waals surface area (Å²) in [6.45, 7) is 0.276. The zero-order valence-corrected chi connectivity index (χ0v) is 12.0. The molecule has 0 spiro atoms. The number of rotatable bonds is 7. The Morgan fingerprint density at radius 3 is 2.76 bits per heavy atom. The number of halogens is 1. The molecule has 1 unspecified atom stereocenters. The van der Waals surface area contributed by atoms with Gasteiger partial charge in [-0.25, -0.2) is 0 Å². The van der Waals surface area contributed by atoms with Crippen LogP contribution in [0.1, 0.15) is 18.1 Å². The Kier molecular flexibility index (Phi) is 5.66. The first-order valence-corrected chi connectivity index (χ1v) is 6.88. The molecule has 1 heterocycles. The third-order valence-corrected chi connectivity index (χ3v) is 3.10. The van der Waals surface area contributed by atoms with Crippen LogP contribution in [0.15, 0.2) is 47.3 Å². The monoisotopic (exact) mass is 309 g/mol. The topological polar surface area (TPSA) is 71.7 Å². The van der Waals surface area contributed by atoms with Crippen LogP contribution in [0.5, 0.6) is 5.75 Å². The molecule has 1 aromatic carbocycles. The van der Waals surface area contributed by atoms with Crippen LogP contribution in [0, 0.1) is 0 Å². The number of ether oxygens (including phenoxy) is 1. The number of hydrogen-bond donors (Lipinski definition) is 2. The van der Waals surface area contributed by atoms with Crippen molar-refractivity contribution in [2.24, 2.45) is 0 Å². The van der Waals surface area contributed by atoms with Gasteiger partial charge in [-0.05, 0) is 36.8 Å². The summed E-state index contributed by atoms with van der Waals surface area (Å²) >= 11 is 5.75. The van der Waals surface area contributed by atoms with E-state index in [9.17, 15) is 9.90 Å². The van der Waals surface area contributed by atoms with E-state index < -0.39 is 6.10 Å². The Morgan fingerprint density at radius 1 is 1.33 bits per heavy atom. The van der Waals surface area contributed by atoms with E-state index in [0.29, 0.717) is 29.3 Å². The molecule has 0 saturated heterocycles. The van der Waals surface area contributed by atoms with Gasteiger partial charge in [0.2, 0.25) is 0 Å². The second kappa shape index (κ2) is 7.71. The van der Waals surface area contributed by atoms with Crippen molar-refractivity contribution in [3.8, 4) is 5.75 Å². The summed E-state index contributed by atoms with van der Waals surface area (Å²) in [5.74, 6) is 0.331. The molecule has 0 aliphatic carbocycles. The van der Waals surface area contributed by atoms with E-state index in [-0.39, 0.29) is 12.5 Å². The van der Waals surface area contributed by atoms with E-state index in [1.165, 1.54) is 12.5 Å². The molecule has 1 atom stereocenters. The van der Waals surface area contributed by atoms with Gasteiger partial charge in [-0.3, -0.25) is 4.79 Å². The number of furan rings is 1. The number of carbonyl (C=O) groups is 1. The van der Waals surface area contributed by atoms with E-state index >= 15 is 0 Å². The van der Waals surface area contributed by atoms with Crippen LogP contribution >= 0.6 is 11.6 Å². The molecule has 0 aliphatic heterocycles. The number of amides is 1. The van der Waals surface area contributed by atoms with E-state index in [2.05, 4.69) is 5.32 Å². The average molecular weight is 310 g/mol. The molecule has 1 aromatic heterocycles. The fourth-order valence-corrected chi connectivity index (χ4v) is 1.84. The summed E-state index contributed by atoms with van der Waals surface area (Å²) in [5.41, 5.74) is 0.696. The summed E-state index contributed by atoms with van der Waals surface area (Å²) < 4.78 is 10.2. The van der Waals surface area contributed by atoms with Gasteiger partial charge in [0.1, 0.15) is 5.75 Å². The molecule has 0 saturated carbocycles. The molecule has 1 amide bonds. The highest BCUT2D eigenvalue weighted by Crippen LogP contribution is 2.16. The van der Waals surface area contributed by atoms with Crippen molar-refractivity contribution < 1.29 is 19.1 Å². The number of nitrogens with one attached hydrogen (secondary N) is 1. The molecule has 6 heteroatoms. The normalized spacial score (nSPS) is 11.9. The Morgan fingerprint density at radius 2 is 2.10 bits per heavy atom. The van der Waals surface area contributed by atoms with Gasteiger partial charge < -0.3 is 19.6 Å². The fraction of sp³-hybridized carbons (Fsp3) is 0.267. The van der Waals surface area contributed by atoms with Crippen molar-refractivity contribution in [1.29, 1.82) is 0 Å². The standard InChI is InChI=1S/C15H16ClNO4/c16-12-1-3-13(4-2-12)21-10-15(19)17-7-5-14(18)11-6-8-20-9-11/h1-4,6,8-9,14,18H,5,7,10H2,(H,17,19). The predicted molar refractivity (Wildman–Crippen MR) is 78.2 cm³/mol. The van der Waals surface area contributed by atoms with Crippen molar-refractivity contribution in [2.45, 2.75) is 12.5 Å². The number of benzene rings is 1. The first-order chi connectivity index (χ1) is 10.1. The number of aliphatic hydroxyl groups is 1. The van der Waals surface area contributed by atoms with Crippen LogP contribution in [-0.4, -0.2) is 24.2 Å². The Labute approximate surface area is 127 Å². The summed E-state index contributed by atoms with van der Waals surface area (Å²) in [6, 6.07) is 8.46. The minimum absolute atomic E-state index is 0.0799. The molecule has 0 bridgehead atoms. The van der Waals surface area contributed by atoms with Crippen molar-refractivity contribution in [3.05, 3.63) is 53.4 Å². The maximum atomic E-state index is 11.6. The average Bonchev–Trinajstić information content (AvgIpc) is 3.01. The highest BCUT2D eigenvalue weighted by molar-refractivity contribution is 6.30. The summed E-state index contributed by atoms with van der Waals surface area (Å²) in [4.78, 5) is 11.6. The molecule has 21 heavy (non-hydrogen) atoms. The zero-order valence-electron chi connectivity index (χ0n) is 11.3. The maximum Gasteiger partial charge on any atom is 0.257 e. The van der Waals surface area contributed by atoms with E-state index in [1.807, 2.05) is 0 Å². The van der Waals surface area contributed by atoms with Crippen LogP contribution in [0.4, 0.5) is 0 Å². The molecular formula is C15H16ClNO4. The predicted octanol–water partition coefficient (Wildman–Crippen LogP) is 2.55. The SMILES string of the molecule is O=C(COc1ccc(Cl)cc1)NCCC(O)c1ccoc1. The smallest absolute Gasteiger partial charge is 0.257 e. The van der Waals surface area contributed by atoms with Crippen molar-refractivity contribution in [3.63, 3.8) is 0 Å². The molecule has 2 rings (SSSR count). The Balaban J connectivity index is 1.64. The lowest BCUT2D eigenvalue weighted by Gasteiger charge is -2.10. The summed E-state index contributed by atoms with van der Waals surface area (Å²) in [7, 11) is 0. The van der Waals surface area contributed by atoms with Crippen LogP contribution < -0.4 is 10.1 Å². The van der Waals surface area contributed by atoms with E-state index in [4.69, 9.17) is 20.8 Å². The zero-order chi connectivity index (χ0) is 15.1. The van der Waals surface area contributed by atoms with Gasteiger partial charge in [-0.1, -0.05) is 11.6 Å². The lowest BCUT2D eigenvalue weighted by molar-refractivity contribution is -0.123. The van der Waals surface area contributed by atoms with Crippen LogP contribution in [0.3, 0.4) is 0 Å². The van der Waals surface area contributed by atoms with Crippen LogP contribution in [-0.2, 0) is 4.79 Å².